The molecule has 2 heterocycles. The third-order valence-electron chi connectivity index (χ3n) is 7.39. The summed E-state index contributed by atoms with van der Waals surface area (Å²) in [7, 11) is 1.49. The number of amides is 4. The van der Waals surface area contributed by atoms with Crippen LogP contribution in [0.3, 0.4) is 0 Å². The number of ether oxygens (including phenoxy) is 1. The van der Waals surface area contributed by atoms with Gasteiger partial charge in [-0.3, -0.25) is 19.3 Å². The molecule has 1 aromatic heterocycles. The third kappa shape index (κ3) is 7.66. The van der Waals surface area contributed by atoms with E-state index in [1.165, 1.54) is 13.2 Å². The average molecular weight is 612 g/mol. The normalized spacial score (nSPS) is 12.6. The monoisotopic (exact) mass is 611 g/mol. The summed E-state index contributed by atoms with van der Waals surface area (Å²) in [4.78, 5) is 51.7. The van der Waals surface area contributed by atoms with Crippen LogP contribution < -0.4 is 25.6 Å². The second kappa shape index (κ2) is 13.8. The van der Waals surface area contributed by atoms with E-state index in [9.17, 15) is 24.3 Å². The number of carbonyl (C=O) groups is 4. The molecule has 0 saturated heterocycles. The fourth-order valence-electron chi connectivity index (χ4n) is 5.20. The van der Waals surface area contributed by atoms with Crippen molar-refractivity contribution in [2.45, 2.75) is 38.6 Å². The second-order valence-electron chi connectivity index (χ2n) is 10.6. The molecule has 3 aromatic carbocycles. The van der Waals surface area contributed by atoms with Gasteiger partial charge in [-0.1, -0.05) is 41.6 Å². The van der Waals surface area contributed by atoms with Crippen molar-refractivity contribution in [1.82, 2.24) is 10.5 Å². The van der Waals surface area contributed by atoms with Crippen LogP contribution in [0.1, 0.15) is 51.8 Å². The Kier molecular flexibility index (Phi) is 9.42. The number of urea groups is 1. The number of carboxylic acid groups (broad SMARTS) is 1. The number of aliphatic carboxylic acids is 1. The van der Waals surface area contributed by atoms with E-state index in [2.05, 4.69) is 21.1 Å². The zero-order valence-electron chi connectivity index (χ0n) is 24.8. The van der Waals surface area contributed by atoms with E-state index in [-0.39, 0.29) is 36.9 Å². The highest BCUT2D eigenvalue weighted by molar-refractivity contribution is 6.04. The van der Waals surface area contributed by atoms with Gasteiger partial charge in [0, 0.05) is 30.4 Å². The molecule has 0 bridgehead atoms. The van der Waals surface area contributed by atoms with E-state index >= 15 is 0 Å². The molecule has 4 N–H and O–H groups in total. The number of anilines is 3. The molecule has 1 aliphatic heterocycles. The van der Waals surface area contributed by atoms with Crippen molar-refractivity contribution in [3.8, 4) is 5.75 Å². The zero-order chi connectivity index (χ0) is 31.9. The van der Waals surface area contributed by atoms with Gasteiger partial charge in [-0.2, -0.15) is 0 Å². The molecule has 45 heavy (non-hydrogen) atoms. The number of fused-ring (bicyclic) bond motifs is 1. The first-order valence-electron chi connectivity index (χ1n) is 14.4. The van der Waals surface area contributed by atoms with Crippen molar-refractivity contribution in [3.05, 3.63) is 101 Å². The van der Waals surface area contributed by atoms with E-state index in [0.29, 0.717) is 40.6 Å². The lowest BCUT2D eigenvalue weighted by atomic mass is 10.0. The maximum Gasteiger partial charge on any atom is 0.326 e. The predicted molar refractivity (Wildman–Crippen MR) is 167 cm³/mol. The summed E-state index contributed by atoms with van der Waals surface area (Å²) in [6.45, 7) is 2.25. The number of rotatable bonds is 11. The number of aryl methyl sites for hydroxylation is 1. The summed E-state index contributed by atoms with van der Waals surface area (Å²) in [5.74, 6) is -0.919. The number of hydrogen-bond acceptors (Lipinski definition) is 7. The van der Waals surface area contributed by atoms with Crippen LogP contribution in [-0.4, -0.2) is 47.7 Å². The first-order chi connectivity index (χ1) is 21.7. The highest BCUT2D eigenvalue weighted by Gasteiger charge is 2.25. The van der Waals surface area contributed by atoms with Crippen LogP contribution in [0, 0.1) is 6.92 Å². The number of hydrogen-bond donors (Lipinski definition) is 4. The molecule has 0 radical (unpaired) electrons. The molecule has 0 aliphatic carbocycles. The lowest BCUT2D eigenvalue weighted by molar-refractivity contribution is -0.137. The summed E-state index contributed by atoms with van der Waals surface area (Å²) in [5.41, 5.74) is 4.33. The highest BCUT2D eigenvalue weighted by Crippen LogP contribution is 2.31. The predicted octanol–water partition coefficient (Wildman–Crippen LogP) is 5.10. The quantitative estimate of drug-likeness (QED) is 0.182. The Hall–Kier alpha value is -5.65. The minimum absolute atomic E-state index is 0.0268. The minimum atomic E-state index is -1.00. The molecule has 0 saturated carbocycles. The highest BCUT2D eigenvalue weighted by atomic mass is 16.5. The molecular weight excluding hydrogens is 578 g/mol. The molecular formula is C33H33N5O7. The molecule has 4 amide bonds. The van der Waals surface area contributed by atoms with Crippen molar-refractivity contribution >= 4 is 40.9 Å². The number of benzene rings is 3. The maximum atomic E-state index is 13.0. The van der Waals surface area contributed by atoms with Gasteiger partial charge in [0.2, 0.25) is 5.91 Å². The first kappa shape index (κ1) is 30.8. The fraction of sp³-hybridized carbons (Fsp3) is 0.242. The SMILES string of the molecule is COc1cc(CC(=O)Nc2cccc(C(CCC(=O)O)NC(=O)c3cc(C)on3)c2)ccc1NC(=O)N1CCc2ccccc21. The van der Waals surface area contributed by atoms with Gasteiger partial charge in [0.05, 0.1) is 25.3 Å². The summed E-state index contributed by atoms with van der Waals surface area (Å²) >= 11 is 0. The number of para-hydroxylation sites is 1. The molecule has 5 rings (SSSR count). The van der Waals surface area contributed by atoms with Crippen LogP contribution in [0.15, 0.2) is 77.3 Å². The summed E-state index contributed by atoms with van der Waals surface area (Å²) in [5, 5.41) is 21.5. The summed E-state index contributed by atoms with van der Waals surface area (Å²) in [6.07, 6.45) is 0.766. The van der Waals surface area contributed by atoms with Crippen LogP contribution in [0.25, 0.3) is 0 Å². The Labute approximate surface area is 259 Å². The third-order valence-corrected chi connectivity index (χ3v) is 7.39. The van der Waals surface area contributed by atoms with Gasteiger partial charge in [-0.15, -0.1) is 0 Å². The molecule has 1 atom stereocenters. The first-order valence-corrected chi connectivity index (χ1v) is 14.4. The van der Waals surface area contributed by atoms with Crippen LogP contribution in [0.4, 0.5) is 21.9 Å². The van der Waals surface area contributed by atoms with E-state index in [0.717, 1.165) is 17.7 Å². The zero-order valence-corrected chi connectivity index (χ0v) is 24.8. The van der Waals surface area contributed by atoms with E-state index < -0.39 is 17.9 Å². The number of aromatic nitrogens is 1. The maximum absolute atomic E-state index is 13.0. The smallest absolute Gasteiger partial charge is 0.326 e. The molecule has 232 valence electrons. The van der Waals surface area contributed by atoms with Gasteiger partial charge in [0.25, 0.3) is 5.91 Å². The van der Waals surface area contributed by atoms with Gasteiger partial charge in [-0.05, 0) is 66.8 Å². The Morgan fingerprint density at radius 1 is 1.02 bits per heavy atom. The molecule has 0 fully saturated rings. The van der Waals surface area contributed by atoms with Crippen molar-refractivity contribution in [2.24, 2.45) is 0 Å². The van der Waals surface area contributed by atoms with Crippen molar-refractivity contribution in [2.75, 3.05) is 29.2 Å². The standard InChI is InChI=1S/C33H33N5O7/c1-20-16-27(37-45-20)32(42)35-25(12-13-31(40)41)23-7-5-8-24(19-23)34-30(39)18-21-10-11-26(29(17-21)44-2)36-33(43)38-15-14-22-6-3-4-9-28(22)38/h3-11,16-17,19,25H,12-15,18H2,1-2H3,(H,34,39)(H,35,42)(H,36,43)(H,40,41). The largest absolute Gasteiger partial charge is 0.495 e. The average Bonchev–Trinajstić information content (AvgIpc) is 3.66. The minimum Gasteiger partial charge on any atom is -0.495 e. The second-order valence-corrected chi connectivity index (χ2v) is 10.6. The Bertz CT molecular complexity index is 1730. The molecule has 1 aliphatic rings. The van der Waals surface area contributed by atoms with Gasteiger partial charge >= 0.3 is 12.0 Å². The van der Waals surface area contributed by atoms with Crippen LogP contribution in [-0.2, 0) is 22.4 Å². The summed E-state index contributed by atoms with van der Waals surface area (Å²) in [6, 6.07) is 20.4. The van der Waals surface area contributed by atoms with Crippen molar-refractivity contribution < 1.29 is 33.5 Å². The topological polar surface area (TPSA) is 163 Å². The number of carboxylic acids is 1. The summed E-state index contributed by atoms with van der Waals surface area (Å²) < 4.78 is 10.5. The van der Waals surface area contributed by atoms with Gasteiger partial charge in [-0.25, -0.2) is 4.79 Å². The molecule has 1 unspecified atom stereocenters. The van der Waals surface area contributed by atoms with Crippen LogP contribution in [0.2, 0.25) is 0 Å². The van der Waals surface area contributed by atoms with E-state index in [1.807, 2.05) is 24.3 Å². The Morgan fingerprint density at radius 2 is 1.84 bits per heavy atom. The molecule has 12 nitrogen and oxygen atoms in total. The Balaban J connectivity index is 1.23. The lowest BCUT2D eigenvalue weighted by Gasteiger charge is -2.19. The molecule has 0 spiro atoms. The number of carbonyl (C=O) groups excluding carboxylic acids is 3. The van der Waals surface area contributed by atoms with E-state index in [1.54, 1.807) is 54.3 Å². The molecule has 4 aromatic rings. The number of nitrogens with zero attached hydrogens (tertiary/aromatic N) is 2. The van der Waals surface area contributed by atoms with Crippen molar-refractivity contribution in [3.63, 3.8) is 0 Å². The van der Waals surface area contributed by atoms with Crippen LogP contribution >= 0.6 is 0 Å². The van der Waals surface area contributed by atoms with E-state index in [4.69, 9.17) is 9.26 Å². The molecule has 12 heteroatoms. The van der Waals surface area contributed by atoms with Crippen LogP contribution in [0.5, 0.6) is 5.75 Å². The van der Waals surface area contributed by atoms with Gasteiger partial charge < -0.3 is 30.3 Å². The number of nitrogens with one attached hydrogen (secondary N) is 3. The Morgan fingerprint density at radius 3 is 2.60 bits per heavy atom. The number of methoxy groups -OCH3 is 1. The van der Waals surface area contributed by atoms with Gasteiger partial charge in [0.1, 0.15) is 11.5 Å². The van der Waals surface area contributed by atoms with Crippen molar-refractivity contribution in [1.29, 1.82) is 0 Å². The fourth-order valence-corrected chi connectivity index (χ4v) is 5.20. The lowest BCUT2D eigenvalue weighted by Crippen LogP contribution is -2.33. The van der Waals surface area contributed by atoms with Gasteiger partial charge in [0.15, 0.2) is 5.69 Å².